The average molecular weight is 227 g/mol. The van der Waals surface area contributed by atoms with Crippen LogP contribution in [0.5, 0.6) is 0 Å². The van der Waals surface area contributed by atoms with E-state index in [0.717, 1.165) is 12.0 Å². The van der Waals surface area contributed by atoms with Gasteiger partial charge in [0.25, 0.3) is 0 Å². The van der Waals surface area contributed by atoms with Gasteiger partial charge in [0.15, 0.2) is 0 Å². The lowest BCUT2D eigenvalue weighted by Gasteiger charge is -2.24. The Bertz CT molecular complexity index is 438. The van der Waals surface area contributed by atoms with Crippen LogP contribution in [0.1, 0.15) is 41.4 Å². The van der Waals surface area contributed by atoms with Gasteiger partial charge in [0.05, 0.1) is 5.56 Å². The van der Waals surface area contributed by atoms with Crippen LogP contribution in [0, 0.1) is 0 Å². The maximum Gasteiger partial charge on any atom is 0.416 e. The Balaban J connectivity index is 2.17. The molecule has 3 rings (SSSR count). The second-order valence-electron chi connectivity index (χ2n) is 4.74. The van der Waals surface area contributed by atoms with Crippen molar-refractivity contribution in [1.82, 2.24) is 0 Å². The zero-order chi connectivity index (χ0) is 11.5. The molecule has 1 saturated carbocycles. The number of alkyl halides is 3. The maximum absolute atomic E-state index is 12.8. The zero-order valence-electron chi connectivity index (χ0n) is 8.59. The van der Waals surface area contributed by atoms with Gasteiger partial charge in [-0.1, -0.05) is 12.1 Å². The van der Waals surface area contributed by atoms with Crippen molar-refractivity contribution in [2.45, 2.75) is 36.9 Å². The molecule has 3 atom stereocenters. The number of rotatable bonds is 0. The molecule has 16 heavy (non-hydrogen) atoms. The van der Waals surface area contributed by atoms with Crippen molar-refractivity contribution in [3.8, 4) is 0 Å². The van der Waals surface area contributed by atoms with E-state index in [-0.39, 0.29) is 17.9 Å². The van der Waals surface area contributed by atoms with Crippen molar-refractivity contribution in [2.75, 3.05) is 0 Å². The van der Waals surface area contributed by atoms with Crippen LogP contribution in [-0.2, 0) is 6.18 Å². The number of benzene rings is 1. The fraction of sp³-hybridized carbons (Fsp3) is 0.500. The molecule has 1 aromatic rings. The second-order valence-corrected chi connectivity index (χ2v) is 4.74. The highest BCUT2D eigenvalue weighted by molar-refractivity contribution is 5.48. The van der Waals surface area contributed by atoms with E-state index in [4.69, 9.17) is 5.73 Å². The summed E-state index contributed by atoms with van der Waals surface area (Å²) in [6, 6.07) is 4.52. The molecular formula is C12H12F3N. The summed E-state index contributed by atoms with van der Waals surface area (Å²) in [6.07, 6.45) is -2.74. The minimum Gasteiger partial charge on any atom is -0.327 e. The average Bonchev–Trinajstić information content (AvgIpc) is 2.73. The van der Waals surface area contributed by atoms with E-state index < -0.39 is 11.7 Å². The summed E-state index contributed by atoms with van der Waals surface area (Å²) in [5.74, 6) is 0.162. The van der Waals surface area contributed by atoms with Gasteiger partial charge in [-0.3, -0.25) is 0 Å². The van der Waals surface area contributed by atoms with Crippen LogP contribution in [0.15, 0.2) is 18.2 Å². The van der Waals surface area contributed by atoms with Gasteiger partial charge in [-0.25, -0.2) is 0 Å². The van der Waals surface area contributed by atoms with E-state index in [2.05, 4.69) is 0 Å². The van der Waals surface area contributed by atoms with Gasteiger partial charge in [-0.15, -0.1) is 0 Å². The molecule has 0 aromatic heterocycles. The summed E-state index contributed by atoms with van der Waals surface area (Å²) in [4.78, 5) is 0. The van der Waals surface area contributed by atoms with E-state index in [1.807, 2.05) is 0 Å². The summed E-state index contributed by atoms with van der Waals surface area (Å²) in [7, 11) is 0. The molecule has 0 heterocycles. The largest absolute Gasteiger partial charge is 0.416 e. The molecule has 0 radical (unpaired) electrons. The molecule has 2 aliphatic carbocycles. The first-order chi connectivity index (χ1) is 7.48. The van der Waals surface area contributed by atoms with Crippen LogP contribution >= 0.6 is 0 Å². The van der Waals surface area contributed by atoms with E-state index in [1.54, 1.807) is 6.07 Å². The Kier molecular flexibility index (Phi) is 1.90. The van der Waals surface area contributed by atoms with Gasteiger partial charge in [-0.2, -0.15) is 13.2 Å². The third-order valence-electron chi connectivity index (χ3n) is 3.86. The van der Waals surface area contributed by atoms with Gasteiger partial charge in [0.1, 0.15) is 0 Å². The third-order valence-corrected chi connectivity index (χ3v) is 3.86. The highest BCUT2D eigenvalue weighted by Crippen LogP contribution is 2.55. The van der Waals surface area contributed by atoms with Gasteiger partial charge in [0, 0.05) is 6.04 Å². The first-order valence-electron chi connectivity index (χ1n) is 5.44. The number of halogens is 3. The fourth-order valence-electron chi connectivity index (χ4n) is 3.27. The molecule has 1 fully saturated rings. The fourth-order valence-corrected chi connectivity index (χ4v) is 3.27. The molecule has 2 aliphatic rings. The molecule has 4 heteroatoms. The molecule has 3 unspecified atom stereocenters. The zero-order valence-corrected chi connectivity index (χ0v) is 8.59. The molecule has 86 valence electrons. The Labute approximate surface area is 91.4 Å². The molecule has 1 nitrogen and oxygen atoms in total. The summed E-state index contributed by atoms with van der Waals surface area (Å²) < 4.78 is 38.5. The van der Waals surface area contributed by atoms with Crippen LogP contribution in [0.25, 0.3) is 0 Å². The first kappa shape index (κ1) is 10.1. The second kappa shape index (κ2) is 3.00. The SMILES string of the molecule is NC1CC2CC1c1cccc(C(F)(F)F)c12. The van der Waals surface area contributed by atoms with Crippen molar-refractivity contribution in [1.29, 1.82) is 0 Å². The predicted octanol–water partition coefficient (Wildman–Crippen LogP) is 3.01. The summed E-state index contributed by atoms with van der Waals surface area (Å²) in [5, 5.41) is 0. The number of fused-ring (bicyclic) bond motifs is 5. The summed E-state index contributed by atoms with van der Waals surface area (Å²) >= 11 is 0. The smallest absolute Gasteiger partial charge is 0.327 e. The molecular weight excluding hydrogens is 215 g/mol. The number of hydrogen-bond acceptors (Lipinski definition) is 1. The van der Waals surface area contributed by atoms with Crippen molar-refractivity contribution in [2.24, 2.45) is 5.73 Å². The number of hydrogen-bond donors (Lipinski definition) is 1. The monoisotopic (exact) mass is 227 g/mol. The van der Waals surface area contributed by atoms with Gasteiger partial charge in [-0.05, 0) is 41.9 Å². The van der Waals surface area contributed by atoms with Crippen molar-refractivity contribution >= 4 is 0 Å². The molecule has 2 N–H and O–H groups in total. The van der Waals surface area contributed by atoms with Crippen molar-refractivity contribution in [3.05, 3.63) is 34.9 Å². The standard InChI is InChI=1S/C12H12F3N/c13-12(14,15)9-3-1-2-7-8-4-6(11(7)9)5-10(8)16/h1-3,6,8,10H,4-5,16H2. The minimum atomic E-state index is -4.24. The molecule has 0 spiro atoms. The Morgan fingerprint density at radius 3 is 2.62 bits per heavy atom. The first-order valence-corrected chi connectivity index (χ1v) is 5.44. The van der Waals surface area contributed by atoms with Crippen LogP contribution in [0.2, 0.25) is 0 Å². The molecule has 1 aromatic carbocycles. The van der Waals surface area contributed by atoms with Gasteiger partial charge < -0.3 is 5.73 Å². The van der Waals surface area contributed by atoms with E-state index in [0.29, 0.717) is 12.0 Å². The number of nitrogens with two attached hydrogens (primary N) is 1. The molecule has 0 saturated heterocycles. The lowest BCUT2D eigenvalue weighted by Crippen LogP contribution is -2.26. The Morgan fingerprint density at radius 2 is 1.94 bits per heavy atom. The molecule has 0 amide bonds. The summed E-state index contributed by atoms with van der Waals surface area (Å²) in [6.45, 7) is 0. The topological polar surface area (TPSA) is 26.0 Å². The van der Waals surface area contributed by atoms with E-state index in [9.17, 15) is 13.2 Å². The minimum absolute atomic E-state index is 0.0211. The highest BCUT2D eigenvalue weighted by atomic mass is 19.4. The quantitative estimate of drug-likeness (QED) is 0.724. The van der Waals surface area contributed by atoms with Crippen LogP contribution in [-0.4, -0.2) is 6.04 Å². The Hall–Kier alpha value is -1.03. The maximum atomic E-state index is 12.8. The predicted molar refractivity (Wildman–Crippen MR) is 54.1 cm³/mol. The highest BCUT2D eigenvalue weighted by Gasteiger charge is 2.47. The van der Waals surface area contributed by atoms with Crippen molar-refractivity contribution < 1.29 is 13.2 Å². The molecule has 2 bridgehead atoms. The molecule has 0 aliphatic heterocycles. The van der Waals surface area contributed by atoms with E-state index >= 15 is 0 Å². The lowest BCUT2D eigenvalue weighted by atomic mass is 9.86. The summed E-state index contributed by atoms with van der Waals surface area (Å²) in [5.41, 5.74) is 6.81. The van der Waals surface area contributed by atoms with Crippen molar-refractivity contribution in [3.63, 3.8) is 0 Å². The normalized spacial score (nSPS) is 31.9. The van der Waals surface area contributed by atoms with Gasteiger partial charge in [0.2, 0.25) is 0 Å². The van der Waals surface area contributed by atoms with E-state index in [1.165, 1.54) is 12.1 Å². The third kappa shape index (κ3) is 1.22. The van der Waals surface area contributed by atoms with Crippen LogP contribution < -0.4 is 5.73 Å². The lowest BCUT2D eigenvalue weighted by molar-refractivity contribution is -0.138. The van der Waals surface area contributed by atoms with Crippen LogP contribution in [0.3, 0.4) is 0 Å². The van der Waals surface area contributed by atoms with Gasteiger partial charge >= 0.3 is 6.18 Å². The Morgan fingerprint density at radius 1 is 1.19 bits per heavy atom. The van der Waals surface area contributed by atoms with Crippen LogP contribution in [0.4, 0.5) is 13.2 Å².